The summed E-state index contributed by atoms with van der Waals surface area (Å²) in [6.07, 6.45) is 6.54. The lowest BCUT2D eigenvalue weighted by molar-refractivity contribution is -0.134. The zero-order valence-electron chi connectivity index (χ0n) is 11.2. The van der Waals surface area contributed by atoms with E-state index in [2.05, 4.69) is 6.92 Å². The van der Waals surface area contributed by atoms with Gasteiger partial charge in [-0.2, -0.15) is 0 Å². The first kappa shape index (κ1) is 15.4. The highest BCUT2D eigenvalue weighted by Crippen LogP contribution is 2.09. The Hall–Kier alpha value is -1.62. The minimum atomic E-state index is -0.463. The van der Waals surface area contributed by atoms with Crippen LogP contribution in [0, 0.1) is 0 Å². The van der Waals surface area contributed by atoms with E-state index in [1.807, 2.05) is 0 Å². The maximum Gasteiger partial charge on any atom is 0.311 e. The molecule has 0 aromatic carbocycles. The molecule has 1 aromatic rings. The van der Waals surface area contributed by atoms with Gasteiger partial charge in [0.1, 0.15) is 18.6 Å². The Morgan fingerprint density at radius 2 is 2.05 bits per heavy atom. The van der Waals surface area contributed by atoms with E-state index in [0.29, 0.717) is 6.42 Å². The molecule has 1 rings (SSSR count). The number of unbranched alkanes of at least 4 members (excludes halogenated alkanes) is 4. The van der Waals surface area contributed by atoms with Crippen molar-refractivity contribution in [2.45, 2.75) is 52.1 Å². The molecule has 5 nitrogen and oxygen atoms in total. The van der Waals surface area contributed by atoms with Crippen molar-refractivity contribution >= 4 is 5.97 Å². The van der Waals surface area contributed by atoms with Gasteiger partial charge in [0, 0.05) is 12.5 Å². The Kier molecular flexibility index (Phi) is 6.89. The molecule has 1 aromatic heterocycles. The van der Waals surface area contributed by atoms with Gasteiger partial charge in [0.25, 0.3) is 0 Å². The summed E-state index contributed by atoms with van der Waals surface area (Å²) in [6.45, 7) is 1.77. The number of aliphatic hydroxyl groups excluding tert-OH is 1. The van der Waals surface area contributed by atoms with Gasteiger partial charge in [-0.3, -0.25) is 9.59 Å². The van der Waals surface area contributed by atoms with E-state index in [1.165, 1.54) is 6.42 Å². The summed E-state index contributed by atoms with van der Waals surface area (Å²) < 4.78 is 9.84. The molecule has 0 fully saturated rings. The van der Waals surface area contributed by atoms with Gasteiger partial charge in [0.15, 0.2) is 0 Å². The SMILES string of the molecule is CCCCCCCC(=O)Oc1coc(CO)cc1=O. The number of hydrogen-bond acceptors (Lipinski definition) is 5. The Morgan fingerprint density at radius 3 is 2.68 bits per heavy atom. The maximum atomic E-state index is 11.5. The summed E-state index contributed by atoms with van der Waals surface area (Å²) in [5, 5.41) is 8.78. The van der Waals surface area contributed by atoms with Crippen LogP contribution >= 0.6 is 0 Å². The third kappa shape index (κ3) is 5.70. The Morgan fingerprint density at radius 1 is 1.32 bits per heavy atom. The van der Waals surface area contributed by atoms with Crippen LogP contribution in [0.2, 0.25) is 0 Å². The molecule has 0 spiro atoms. The summed E-state index contributed by atoms with van der Waals surface area (Å²) in [5.74, 6) is -0.416. The van der Waals surface area contributed by atoms with Gasteiger partial charge >= 0.3 is 5.97 Å². The lowest BCUT2D eigenvalue weighted by atomic mass is 10.1. The lowest BCUT2D eigenvalue weighted by Gasteiger charge is -2.03. The highest BCUT2D eigenvalue weighted by Gasteiger charge is 2.09. The first-order chi connectivity index (χ1) is 9.17. The third-order valence-corrected chi connectivity index (χ3v) is 2.72. The molecule has 0 aliphatic heterocycles. The number of carbonyl (C=O) groups is 1. The van der Waals surface area contributed by atoms with Crippen LogP contribution in [0.1, 0.15) is 51.2 Å². The molecule has 19 heavy (non-hydrogen) atoms. The first-order valence-electron chi connectivity index (χ1n) is 6.60. The Bertz CT molecular complexity index is 449. The van der Waals surface area contributed by atoms with Crippen molar-refractivity contribution in [2.24, 2.45) is 0 Å². The van der Waals surface area contributed by atoms with Crippen LogP contribution in [0.5, 0.6) is 5.75 Å². The van der Waals surface area contributed by atoms with Crippen molar-refractivity contribution in [3.63, 3.8) is 0 Å². The molecule has 106 valence electrons. The number of hydrogen-bond donors (Lipinski definition) is 1. The molecule has 0 unspecified atom stereocenters. The fourth-order valence-corrected chi connectivity index (χ4v) is 1.64. The molecule has 0 atom stereocenters. The van der Waals surface area contributed by atoms with E-state index in [1.54, 1.807) is 0 Å². The van der Waals surface area contributed by atoms with Crippen LogP contribution in [-0.2, 0) is 11.4 Å². The zero-order chi connectivity index (χ0) is 14.1. The molecule has 0 aliphatic rings. The van der Waals surface area contributed by atoms with E-state index >= 15 is 0 Å². The first-order valence-corrected chi connectivity index (χ1v) is 6.60. The molecule has 0 amide bonds. The molecule has 0 saturated carbocycles. The fraction of sp³-hybridized carbons (Fsp3) is 0.571. The van der Waals surface area contributed by atoms with Gasteiger partial charge in [-0.15, -0.1) is 0 Å². The lowest BCUT2D eigenvalue weighted by Crippen LogP contribution is -2.14. The van der Waals surface area contributed by atoms with Crippen LogP contribution in [0.15, 0.2) is 21.5 Å². The van der Waals surface area contributed by atoms with Gasteiger partial charge in [-0.25, -0.2) is 0 Å². The van der Waals surface area contributed by atoms with Crippen LogP contribution in [0.25, 0.3) is 0 Å². The molecular weight excluding hydrogens is 248 g/mol. The second-order valence-corrected chi connectivity index (χ2v) is 4.37. The quantitative estimate of drug-likeness (QED) is 0.578. The Balaban J connectivity index is 2.38. The number of rotatable bonds is 8. The number of ether oxygens (including phenoxy) is 1. The summed E-state index contributed by atoms with van der Waals surface area (Å²) in [4.78, 5) is 23.0. The Labute approximate surface area is 112 Å². The van der Waals surface area contributed by atoms with Gasteiger partial charge in [-0.1, -0.05) is 32.6 Å². The normalized spacial score (nSPS) is 10.4. The highest BCUT2D eigenvalue weighted by molar-refractivity contribution is 5.72. The van der Waals surface area contributed by atoms with Crippen molar-refractivity contribution in [3.05, 3.63) is 28.3 Å². The minimum absolute atomic E-state index is 0.129. The number of carbonyl (C=O) groups excluding carboxylic acids is 1. The average Bonchev–Trinajstić information content (AvgIpc) is 2.41. The summed E-state index contributed by atoms with van der Waals surface area (Å²) in [6, 6.07) is 1.11. The van der Waals surface area contributed by atoms with Gasteiger partial charge < -0.3 is 14.3 Å². The molecule has 0 bridgehead atoms. The topological polar surface area (TPSA) is 76.7 Å². The fourth-order valence-electron chi connectivity index (χ4n) is 1.64. The second-order valence-electron chi connectivity index (χ2n) is 4.37. The molecule has 1 N–H and O–H groups in total. The zero-order valence-corrected chi connectivity index (χ0v) is 11.2. The van der Waals surface area contributed by atoms with Crippen LogP contribution < -0.4 is 10.2 Å². The molecule has 0 aliphatic carbocycles. The predicted molar refractivity (Wildman–Crippen MR) is 69.9 cm³/mol. The van der Waals surface area contributed by atoms with Crippen molar-refractivity contribution in [1.29, 1.82) is 0 Å². The average molecular weight is 268 g/mol. The molecular formula is C14H20O5. The number of esters is 1. The van der Waals surface area contributed by atoms with E-state index in [9.17, 15) is 9.59 Å². The van der Waals surface area contributed by atoms with Crippen molar-refractivity contribution in [1.82, 2.24) is 0 Å². The van der Waals surface area contributed by atoms with Crippen molar-refractivity contribution < 1.29 is 19.1 Å². The van der Waals surface area contributed by atoms with Gasteiger partial charge in [0.2, 0.25) is 11.2 Å². The standard InChI is InChI=1S/C14H20O5/c1-2-3-4-5-6-7-14(17)19-13-10-18-11(9-15)8-12(13)16/h8,10,15H,2-7,9H2,1H3. The highest BCUT2D eigenvalue weighted by atomic mass is 16.5. The summed E-state index contributed by atoms with van der Waals surface area (Å²) >= 11 is 0. The second kappa shape index (κ2) is 8.48. The predicted octanol–water partition coefficient (Wildman–Crippen LogP) is 2.40. The van der Waals surface area contributed by atoms with Crippen LogP contribution in [0.3, 0.4) is 0 Å². The summed E-state index contributed by atoms with van der Waals surface area (Å²) in [7, 11) is 0. The van der Waals surface area contributed by atoms with E-state index in [4.69, 9.17) is 14.3 Å². The molecule has 5 heteroatoms. The minimum Gasteiger partial charge on any atom is -0.463 e. The van der Waals surface area contributed by atoms with Gasteiger partial charge in [0.05, 0.1) is 0 Å². The summed E-state index contributed by atoms with van der Waals surface area (Å²) in [5.41, 5.74) is -0.463. The van der Waals surface area contributed by atoms with E-state index < -0.39 is 11.4 Å². The number of aliphatic hydroxyl groups is 1. The third-order valence-electron chi connectivity index (χ3n) is 2.72. The van der Waals surface area contributed by atoms with Crippen LogP contribution in [0.4, 0.5) is 0 Å². The van der Waals surface area contributed by atoms with E-state index in [0.717, 1.165) is 38.0 Å². The monoisotopic (exact) mass is 268 g/mol. The molecule has 1 heterocycles. The maximum absolute atomic E-state index is 11.5. The van der Waals surface area contributed by atoms with Crippen molar-refractivity contribution in [2.75, 3.05) is 0 Å². The smallest absolute Gasteiger partial charge is 0.311 e. The van der Waals surface area contributed by atoms with E-state index in [-0.39, 0.29) is 18.1 Å². The van der Waals surface area contributed by atoms with Crippen LogP contribution in [-0.4, -0.2) is 11.1 Å². The largest absolute Gasteiger partial charge is 0.463 e. The molecule has 0 radical (unpaired) electrons. The van der Waals surface area contributed by atoms with Gasteiger partial charge in [-0.05, 0) is 6.42 Å². The van der Waals surface area contributed by atoms with Crippen molar-refractivity contribution in [3.8, 4) is 5.75 Å². The molecule has 0 saturated heterocycles.